The van der Waals surface area contributed by atoms with Crippen molar-refractivity contribution < 1.29 is 19.1 Å². The Morgan fingerprint density at radius 3 is 2.50 bits per heavy atom. The normalized spacial score (nSPS) is 23.4. The van der Waals surface area contributed by atoms with Gasteiger partial charge in [0.1, 0.15) is 5.60 Å². The van der Waals surface area contributed by atoms with Crippen molar-refractivity contribution in [3.63, 3.8) is 0 Å². The predicted molar refractivity (Wildman–Crippen MR) is 74.9 cm³/mol. The van der Waals surface area contributed by atoms with Gasteiger partial charge in [-0.15, -0.1) is 0 Å². The first-order valence-electron chi connectivity index (χ1n) is 6.89. The van der Waals surface area contributed by atoms with Gasteiger partial charge in [0.2, 0.25) is 0 Å². The van der Waals surface area contributed by atoms with Crippen LogP contribution in [0, 0.1) is 11.3 Å². The minimum Gasteiger partial charge on any atom is -0.465 e. The van der Waals surface area contributed by atoms with Crippen LogP contribution in [-0.4, -0.2) is 47.5 Å². The Labute approximate surface area is 119 Å². The topological polar surface area (TPSA) is 79.7 Å². The predicted octanol–water partition coefficient (Wildman–Crippen LogP) is 2.21. The molecule has 0 radical (unpaired) electrons. The number of hydrogen-bond acceptors (Lipinski definition) is 5. The van der Waals surface area contributed by atoms with E-state index in [0.29, 0.717) is 13.0 Å². The third kappa shape index (κ3) is 4.21. The minimum atomic E-state index is -0.572. The molecule has 114 valence electrons. The molecule has 0 aromatic rings. The van der Waals surface area contributed by atoms with Gasteiger partial charge in [-0.1, -0.05) is 0 Å². The van der Waals surface area contributed by atoms with E-state index in [-0.39, 0.29) is 24.3 Å². The van der Waals surface area contributed by atoms with Crippen molar-refractivity contribution in [2.45, 2.75) is 52.7 Å². The monoisotopic (exact) mass is 284 g/mol. The summed E-state index contributed by atoms with van der Waals surface area (Å²) in [7, 11) is 0. The molecule has 6 heteroatoms. The maximum atomic E-state index is 12.1. The van der Waals surface area contributed by atoms with Crippen LogP contribution in [0.5, 0.6) is 0 Å². The molecule has 1 saturated heterocycles. The fourth-order valence-corrected chi connectivity index (χ4v) is 2.11. The molecule has 0 aromatic carbocycles. The number of piperidine rings is 1. The second kappa shape index (κ2) is 6.24. The van der Waals surface area contributed by atoms with Crippen molar-refractivity contribution in [3.8, 4) is 0 Å². The number of nitrogens with zero attached hydrogens (tertiary/aromatic N) is 1. The van der Waals surface area contributed by atoms with Gasteiger partial charge in [0.25, 0.3) is 0 Å². The molecule has 1 fully saturated rings. The van der Waals surface area contributed by atoms with E-state index in [1.54, 1.807) is 27.7 Å². The molecule has 6 nitrogen and oxygen atoms in total. The maximum absolute atomic E-state index is 12.1. The number of carbonyl (C=O) groups excluding carboxylic acids is 2. The zero-order valence-corrected chi connectivity index (χ0v) is 12.9. The summed E-state index contributed by atoms with van der Waals surface area (Å²) in [5.74, 6) is -0.933. The molecule has 0 spiro atoms. The number of esters is 1. The number of nitrogens with one attached hydrogen (secondary N) is 1. The largest absolute Gasteiger partial charge is 0.465 e. The van der Waals surface area contributed by atoms with Crippen LogP contribution in [0.15, 0.2) is 0 Å². The van der Waals surface area contributed by atoms with Gasteiger partial charge < -0.3 is 14.9 Å². The van der Waals surface area contributed by atoms with Gasteiger partial charge in [0.15, 0.2) is 0 Å². The second-order valence-electron chi connectivity index (χ2n) is 6.02. The zero-order chi connectivity index (χ0) is 15.5. The molecule has 0 saturated carbocycles. The lowest BCUT2D eigenvalue weighted by Gasteiger charge is -2.37. The average Bonchev–Trinajstić information content (AvgIpc) is 2.29. The summed E-state index contributed by atoms with van der Waals surface area (Å²) in [6.45, 7) is 9.39. The van der Waals surface area contributed by atoms with Crippen LogP contribution in [0.4, 0.5) is 4.79 Å². The first-order valence-corrected chi connectivity index (χ1v) is 6.89. The average molecular weight is 284 g/mol. The first kappa shape index (κ1) is 16.5. The number of amides is 1. The van der Waals surface area contributed by atoms with Crippen LogP contribution in [0.1, 0.15) is 41.0 Å². The highest BCUT2D eigenvalue weighted by Gasteiger charge is 2.38. The van der Waals surface area contributed by atoms with E-state index >= 15 is 0 Å². The van der Waals surface area contributed by atoms with Gasteiger partial charge in [-0.2, -0.15) is 0 Å². The summed E-state index contributed by atoms with van der Waals surface area (Å²) in [5, 5.41) is 7.95. The van der Waals surface area contributed by atoms with Gasteiger partial charge in [-0.25, -0.2) is 4.79 Å². The molecule has 1 aliphatic rings. The van der Waals surface area contributed by atoms with Crippen molar-refractivity contribution in [2.75, 3.05) is 13.2 Å². The summed E-state index contributed by atoms with van der Waals surface area (Å²) in [6.07, 6.45) is -0.0475. The van der Waals surface area contributed by atoms with E-state index in [1.165, 1.54) is 4.90 Å². The Hall–Kier alpha value is -1.59. The van der Waals surface area contributed by atoms with Crippen LogP contribution < -0.4 is 0 Å². The standard InChI is InChI=1S/C14H24N2O4/c1-6-19-12(17)10-7-9(2)16(8-11(10)15)13(18)20-14(3,4)5/h9-10,15H,6-8H2,1-5H3/t9-,10?/m1/s1. The third-order valence-electron chi connectivity index (χ3n) is 3.07. The molecule has 0 aromatic heterocycles. The highest BCUT2D eigenvalue weighted by molar-refractivity contribution is 6.03. The van der Waals surface area contributed by atoms with E-state index in [1.807, 2.05) is 6.92 Å². The van der Waals surface area contributed by atoms with Gasteiger partial charge >= 0.3 is 12.1 Å². The smallest absolute Gasteiger partial charge is 0.410 e. The molecule has 1 N–H and O–H groups in total. The van der Waals surface area contributed by atoms with Crippen LogP contribution in [-0.2, 0) is 14.3 Å². The highest BCUT2D eigenvalue weighted by atomic mass is 16.6. The molecule has 1 rings (SSSR count). The van der Waals surface area contributed by atoms with Gasteiger partial charge in [-0.3, -0.25) is 9.69 Å². The molecular formula is C14H24N2O4. The minimum absolute atomic E-state index is 0.111. The van der Waals surface area contributed by atoms with E-state index in [4.69, 9.17) is 14.9 Å². The molecule has 2 atom stereocenters. The summed E-state index contributed by atoms with van der Waals surface area (Å²) < 4.78 is 10.3. The Balaban J connectivity index is 2.71. The number of carbonyl (C=O) groups is 2. The second-order valence-corrected chi connectivity index (χ2v) is 6.02. The van der Waals surface area contributed by atoms with Gasteiger partial charge in [0, 0.05) is 11.8 Å². The van der Waals surface area contributed by atoms with Gasteiger partial charge in [0.05, 0.1) is 19.1 Å². The number of hydrogen-bond donors (Lipinski definition) is 1. The van der Waals surface area contributed by atoms with Crippen molar-refractivity contribution in [1.82, 2.24) is 4.90 Å². The highest BCUT2D eigenvalue weighted by Crippen LogP contribution is 2.23. The lowest BCUT2D eigenvalue weighted by molar-refractivity contribution is -0.146. The van der Waals surface area contributed by atoms with Crippen molar-refractivity contribution in [2.24, 2.45) is 5.92 Å². The third-order valence-corrected chi connectivity index (χ3v) is 3.07. The van der Waals surface area contributed by atoms with Gasteiger partial charge in [-0.05, 0) is 41.0 Å². The lowest BCUT2D eigenvalue weighted by Crippen LogP contribution is -2.52. The number of likely N-dealkylation sites (tertiary alicyclic amines) is 1. The zero-order valence-electron chi connectivity index (χ0n) is 12.9. The van der Waals surface area contributed by atoms with Crippen LogP contribution in [0.3, 0.4) is 0 Å². The fraction of sp³-hybridized carbons (Fsp3) is 0.786. The van der Waals surface area contributed by atoms with Crippen LogP contribution in [0.2, 0.25) is 0 Å². The molecule has 20 heavy (non-hydrogen) atoms. The number of rotatable bonds is 2. The Morgan fingerprint density at radius 1 is 1.40 bits per heavy atom. The Bertz CT molecular complexity index is 400. The summed E-state index contributed by atoms with van der Waals surface area (Å²) in [4.78, 5) is 25.3. The van der Waals surface area contributed by atoms with E-state index in [2.05, 4.69) is 0 Å². The molecular weight excluding hydrogens is 260 g/mol. The SMILES string of the molecule is CCOC(=O)C1C[C@@H](C)N(C(=O)OC(C)(C)C)CC1=N. The summed E-state index contributed by atoms with van der Waals surface area (Å²) in [5.41, 5.74) is -0.371. The molecule has 1 unspecified atom stereocenters. The molecule has 1 aliphatic heterocycles. The van der Waals surface area contributed by atoms with E-state index in [0.717, 1.165) is 0 Å². The van der Waals surface area contributed by atoms with Crippen LogP contribution >= 0.6 is 0 Å². The molecule has 1 amide bonds. The summed E-state index contributed by atoms with van der Waals surface area (Å²) >= 11 is 0. The Morgan fingerprint density at radius 2 is 2.00 bits per heavy atom. The molecule has 0 bridgehead atoms. The van der Waals surface area contributed by atoms with E-state index in [9.17, 15) is 9.59 Å². The van der Waals surface area contributed by atoms with Crippen LogP contribution in [0.25, 0.3) is 0 Å². The fourth-order valence-electron chi connectivity index (χ4n) is 2.11. The van der Waals surface area contributed by atoms with Crippen molar-refractivity contribution >= 4 is 17.8 Å². The van der Waals surface area contributed by atoms with Crippen molar-refractivity contribution in [3.05, 3.63) is 0 Å². The lowest BCUT2D eigenvalue weighted by atomic mass is 9.90. The number of ether oxygens (including phenoxy) is 2. The summed E-state index contributed by atoms with van der Waals surface area (Å²) in [6, 6.07) is -0.159. The quantitative estimate of drug-likeness (QED) is 0.788. The first-order chi connectivity index (χ1) is 9.15. The Kier molecular flexibility index (Phi) is 5.14. The molecule has 0 aliphatic carbocycles. The van der Waals surface area contributed by atoms with E-state index < -0.39 is 17.6 Å². The van der Waals surface area contributed by atoms with Crippen molar-refractivity contribution in [1.29, 1.82) is 5.41 Å². The molecule has 1 heterocycles. The maximum Gasteiger partial charge on any atom is 0.410 e.